The van der Waals surface area contributed by atoms with Crippen molar-refractivity contribution >= 4 is 11.8 Å². The first kappa shape index (κ1) is 22.1. The van der Waals surface area contributed by atoms with Crippen LogP contribution in [0.1, 0.15) is 67.7 Å². The number of alkyl halides is 2. The third kappa shape index (κ3) is 6.71. The lowest BCUT2D eigenvalue weighted by atomic mass is 9.90. The second kappa shape index (κ2) is 10.4. The molecule has 1 aliphatic heterocycles. The fourth-order valence-electron chi connectivity index (χ4n) is 3.86. The van der Waals surface area contributed by atoms with Gasteiger partial charge in [0.25, 0.3) is 0 Å². The number of hydrogen-bond donors (Lipinski definition) is 2. The zero-order valence-electron chi connectivity index (χ0n) is 17.0. The number of hydrogen-bond acceptors (Lipinski definition) is 5. The number of nitrogens with zero attached hydrogens (tertiary/aromatic N) is 3. The minimum atomic E-state index is -2.95. The number of anilines is 1. The standard InChI is InChI=1S/C22H28F2N4O2/c23-22(24,12-17(11-20(29)30)18-13-25-15-26-14-18)9-3-1-6-19-8-7-16-5-2-4-10-27-21(16)28-19/h7-8,13-15,17H,1-6,9-12H2,(H,27,28)(H,29,30)/t17-/m0/s1. The van der Waals surface area contributed by atoms with E-state index in [4.69, 9.17) is 5.11 Å². The summed E-state index contributed by atoms with van der Waals surface area (Å²) in [7, 11) is 0. The summed E-state index contributed by atoms with van der Waals surface area (Å²) in [5.41, 5.74) is 2.56. The van der Waals surface area contributed by atoms with E-state index in [1.165, 1.54) is 24.3 Å². The van der Waals surface area contributed by atoms with Crippen molar-refractivity contribution in [2.75, 3.05) is 11.9 Å². The van der Waals surface area contributed by atoms with Gasteiger partial charge in [0.1, 0.15) is 12.1 Å². The third-order valence-electron chi connectivity index (χ3n) is 5.45. The van der Waals surface area contributed by atoms with Gasteiger partial charge < -0.3 is 10.4 Å². The number of fused-ring (bicyclic) bond motifs is 1. The fourth-order valence-corrected chi connectivity index (χ4v) is 3.86. The largest absolute Gasteiger partial charge is 0.481 e. The Morgan fingerprint density at radius 3 is 2.77 bits per heavy atom. The van der Waals surface area contributed by atoms with E-state index in [1.54, 1.807) is 0 Å². The van der Waals surface area contributed by atoms with Crippen LogP contribution in [0.3, 0.4) is 0 Å². The molecule has 1 atom stereocenters. The molecule has 6 nitrogen and oxygen atoms in total. The maximum absolute atomic E-state index is 14.5. The molecule has 0 radical (unpaired) electrons. The van der Waals surface area contributed by atoms with Crippen molar-refractivity contribution in [1.82, 2.24) is 15.0 Å². The van der Waals surface area contributed by atoms with Gasteiger partial charge in [-0.2, -0.15) is 0 Å². The second-order valence-electron chi connectivity index (χ2n) is 7.93. The number of pyridine rings is 1. The molecule has 3 rings (SSSR count). The molecule has 0 aliphatic carbocycles. The first-order chi connectivity index (χ1) is 14.4. The van der Waals surface area contributed by atoms with Gasteiger partial charge in [-0.25, -0.2) is 23.7 Å². The zero-order valence-corrected chi connectivity index (χ0v) is 17.0. The van der Waals surface area contributed by atoms with E-state index >= 15 is 0 Å². The minimum absolute atomic E-state index is 0.278. The first-order valence-electron chi connectivity index (χ1n) is 10.5. The monoisotopic (exact) mass is 418 g/mol. The van der Waals surface area contributed by atoms with Gasteiger partial charge in [-0.05, 0) is 55.7 Å². The van der Waals surface area contributed by atoms with E-state index in [0.717, 1.165) is 37.3 Å². The summed E-state index contributed by atoms with van der Waals surface area (Å²) < 4.78 is 29.1. The molecule has 162 valence electrons. The minimum Gasteiger partial charge on any atom is -0.481 e. The highest BCUT2D eigenvalue weighted by Gasteiger charge is 2.34. The lowest BCUT2D eigenvalue weighted by molar-refractivity contribution is -0.138. The third-order valence-corrected chi connectivity index (χ3v) is 5.45. The predicted octanol–water partition coefficient (Wildman–Crippen LogP) is 4.62. The number of carboxylic acid groups (broad SMARTS) is 1. The number of carbonyl (C=O) groups is 1. The molecule has 0 spiro atoms. The Balaban J connectivity index is 1.50. The smallest absolute Gasteiger partial charge is 0.303 e. The Morgan fingerprint density at radius 2 is 2.00 bits per heavy atom. The van der Waals surface area contributed by atoms with Gasteiger partial charge in [-0.15, -0.1) is 0 Å². The van der Waals surface area contributed by atoms with Crippen LogP contribution in [0.15, 0.2) is 30.9 Å². The zero-order chi connectivity index (χ0) is 21.4. The van der Waals surface area contributed by atoms with E-state index < -0.39 is 24.2 Å². The quantitative estimate of drug-likeness (QED) is 0.548. The highest BCUT2D eigenvalue weighted by molar-refractivity contribution is 5.68. The molecule has 2 aromatic heterocycles. The van der Waals surface area contributed by atoms with Crippen molar-refractivity contribution < 1.29 is 18.7 Å². The number of halogens is 2. The molecule has 3 heterocycles. The maximum atomic E-state index is 14.5. The van der Waals surface area contributed by atoms with Gasteiger partial charge in [0.2, 0.25) is 5.92 Å². The van der Waals surface area contributed by atoms with E-state index in [2.05, 4.69) is 26.3 Å². The van der Waals surface area contributed by atoms with Crippen molar-refractivity contribution in [3.63, 3.8) is 0 Å². The van der Waals surface area contributed by atoms with E-state index in [9.17, 15) is 13.6 Å². The SMILES string of the molecule is O=C(O)C[C@@H](CC(F)(F)CCCCc1ccc2c(n1)NCCCC2)c1cncnc1. The molecule has 8 heteroatoms. The summed E-state index contributed by atoms with van der Waals surface area (Å²) in [6, 6.07) is 4.07. The number of unbranched alkanes of at least 4 members (excludes halogenated alkanes) is 1. The van der Waals surface area contributed by atoms with Gasteiger partial charge >= 0.3 is 5.97 Å². The van der Waals surface area contributed by atoms with Crippen molar-refractivity contribution in [2.24, 2.45) is 0 Å². The number of nitrogens with one attached hydrogen (secondary N) is 1. The second-order valence-corrected chi connectivity index (χ2v) is 7.93. The van der Waals surface area contributed by atoms with Crippen LogP contribution >= 0.6 is 0 Å². The Bertz CT molecular complexity index is 833. The Kier molecular flexibility index (Phi) is 7.65. The van der Waals surface area contributed by atoms with Crippen LogP contribution in [-0.2, 0) is 17.6 Å². The maximum Gasteiger partial charge on any atom is 0.303 e. The van der Waals surface area contributed by atoms with Crippen LogP contribution in [0.25, 0.3) is 0 Å². The summed E-state index contributed by atoms with van der Waals surface area (Å²) in [4.78, 5) is 23.4. The molecule has 0 amide bonds. The molecule has 30 heavy (non-hydrogen) atoms. The molecule has 0 saturated carbocycles. The van der Waals surface area contributed by atoms with Crippen molar-refractivity contribution in [3.05, 3.63) is 47.7 Å². The Labute approximate surface area is 175 Å². The summed E-state index contributed by atoms with van der Waals surface area (Å²) in [5, 5.41) is 12.4. The topological polar surface area (TPSA) is 88.0 Å². The van der Waals surface area contributed by atoms with Gasteiger partial charge in [0.05, 0.1) is 6.42 Å². The average molecular weight is 418 g/mol. The normalized spacial score (nSPS) is 15.0. The highest BCUT2D eigenvalue weighted by atomic mass is 19.3. The molecule has 0 fully saturated rings. The van der Waals surface area contributed by atoms with Crippen LogP contribution in [0.2, 0.25) is 0 Å². The molecule has 1 aliphatic rings. The molecule has 0 aromatic carbocycles. The molecule has 2 N–H and O–H groups in total. The van der Waals surface area contributed by atoms with Gasteiger partial charge in [-0.1, -0.05) is 6.07 Å². The van der Waals surface area contributed by atoms with E-state index in [0.29, 0.717) is 24.8 Å². The van der Waals surface area contributed by atoms with Crippen molar-refractivity contribution in [1.29, 1.82) is 0 Å². The predicted molar refractivity (Wildman–Crippen MR) is 110 cm³/mol. The van der Waals surface area contributed by atoms with Gasteiger partial charge in [0, 0.05) is 43.4 Å². The Morgan fingerprint density at radius 1 is 1.20 bits per heavy atom. The lowest BCUT2D eigenvalue weighted by Gasteiger charge is -2.22. The molecule has 0 bridgehead atoms. The summed E-state index contributed by atoms with van der Waals surface area (Å²) in [5.74, 6) is -3.94. The van der Waals surface area contributed by atoms with Crippen LogP contribution in [0, 0.1) is 0 Å². The molecule has 0 saturated heterocycles. The van der Waals surface area contributed by atoms with Crippen molar-refractivity contribution in [2.45, 2.75) is 69.6 Å². The molecular formula is C22H28F2N4O2. The molecule has 2 aromatic rings. The highest BCUT2D eigenvalue weighted by Crippen LogP contribution is 2.35. The molecular weight excluding hydrogens is 390 g/mol. The number of aryl methyl sites for hydroxylation is 2. The number of aliphatic carboxylic acids is 1. The molecule has 0 unspecified atom stereocenters. The van der Waals surface area contributed by atoms with Gasteiger partial charge in [-0.3, -0.25) is 4.79 Å². The van der Waals surface area contributed by atoms with Crippen LogP contribution in [-0.4, -0.2) is 38.5 Å². The van der Waals surface area contributed by atoms with Crippen molar-refractivity contribution in [3.8, 4) is 0 Å². The number of rotatable bonds is 10. The summed E-state index contributed by atoms with van der Waals surface area (Å²) in [6.45, 7) is 0.916. The van der Waals surface area contributed by atoms with Crippen LogP contribution in [0.4, 0.5) is 14.6 Å². The lowest BCUT2D eigenvalue weighted by Crippen LogP contribution is -2.22. The first-order valence-corrected chi connectivity index (χ1v) is 10.5. The van der Waals surface area contributed by atoms with Gasteiger partial charge in [0.15, 0.2) is 0 Å². The summed E-state index contributed by atoms with van der Waals surface area (Å²) in [6.07, 6.45) is 7.86. The van der Waals surface area contributed by atoms with Crippen LogP contribution in [0.5, 0.6) is 0 Å². The number of aromatic nitrogens is 3. The average Bonchev–Trinajstić information content (AvgIpc) is 2.96. The van der Waals surface area contributed by atoms with E-state index in [1.807, 2.05) is 6.07 Å². The van der Waals surface area contributed by atoms with Crippen LogP contribution < -0.4 is 5.32 Å². The fraction of sp³-hybridized carbons (Fsp3) is 0.545. The van der Waals surface area contributed by atoms with E-state index in [-0.39, 0.29) is 12.8 Å². The Hall–Kier alpha value is -2.64. The number of carboxylic acids is 1. The summed E-state index contributed by atoms with van der Waals surface area (Å²) >= 11 is 0.